The molecule has 0 aromatic carbocycles. The molecule has 0 aliphatic rings. The summed E-state index contributed by atoms with van der Waals surface area (Å²) >= 11 is 1.37. The Labute approximate surface area is 74.3 Å². The molecule has 0 bridgehead atoms. The Morgan fingerprint density at radius 1 is 1.83 bits per heavy atom. The predicted octanol–water partition coefficient (Wildman–Crippen LogP) is 0.409. The van der Waals surface area contributed by atoms with Gasteiger partial charge in [0.25, 0.3) is 0 Å². The van der Waals surface area contributed by atoms with Crippen LogP contribution in [0.3, 0.4) is 0 Å². The van der Waals surface area contributed by atoms with E-state index in [9.17, 15) is 4.79 Å². The Hall–Kier alpha value is -1.10. The van der Waals surface area contributed by atoms with Crippen molar-refractivity contribution in [2.45, 2.75) is 20.3 Å². The molecule has 0 aliphatic carbocycles. The number of aryl methyl sites for hydroxylation is 1. The molecule has 1 rings (SSSR count). The molecule has 2 N–H and O–H groups in total. The highest BCUT2D eigenvalue weighted by Crippen LogP contribution is 1.94. The number of carbonyl (C=O) groups is 1. The van der Waals surface area contributed by atoms with Crippen LogP contribution in [0, 0.1) is 6.92 Å². The molecule has 5 heteroatoms. The van der Waals surface area contributed by atoms with Gasteiger partial charge in [-0.25, -0.2) is 4.68 Å². The van der Waals surface area contributed by atoms with Gasteiger partial charge in [0.1, 0.15) is 0 Å². The molecular formula is C7H11N3OS. The summed E-state index contributed by atoms with van der Waals surface area (Å²) in [5.74, 6) is 5.44. The number of nitrogen functional groups attached to an aromatic ring is 1. The zero-order valence-electron chi connectivity index (χ0n) is 7.07. The Balaban J connectivity index is 3.10. The van der Waals surface area contributed by atoms with Crippen LogP contribution in [0.5, 0.6) is 0 Å². The molecule has 66 valence electrons. The summed E-state index contributed by atoms with van der Waals surface area (Å²) in [5, 5.41) is 1.86. The molecule has 0 aliphatic heterocycles. The lowest BCUT2D eigenvalue weighted by atomic mass is 10.5. The third-order valence-corrected chi connectivity index (χ3v) is 2.40. The van der Waals surface area contributed by atoms with Gasteiger partial charge in [-0.3, -0.25) is 4.79 Å². The topological polar surface area (TPSA) is 60.4 Å². The van der Waals surface area contributed by atoms with Gasteiger partial charge >= 0.3 is 0 Å². The van der Waals surface area contributed by atoms with Crippen molar-refractivity contribution in [2.24, 2.45) is 4.99 Å². The molecule has 0 radical (unpaired) electrons. The first-order chi connectivity index (χ1) is 5.65. The summed E-state index contributed by atoms with van der Waals surface area (Å²) in [4.78, 5) is 15.3. The first kappa shape index (κ1) is 8.99. The third kappa shape index (κ3) is 1.73. The minimum atomic E-state index is -0.143. The summed E-state index contributed by atoms with van der Waals surface area (Å²) in [5.41, 5.74) is 0.905. The summed E-state index contributed by atoms with van der Waals surface area (Å²) in [6.07, 6.45) is 0.414. The third-order valence-electron chi connectivity index (χ3n) is 1.44. The molecule has 0 fully saturated rings. The fourth-order valence-electron chi connectivity index (χ4n) is 0.668. The highest BCUT2D eigenvalue weighted by Gasteiger charge is 1.98. The largest absolute Gasteiger partial charge is 0.337 e. The second-order valence-electron chi connectivity index (χ2n) is 2.39. The second-order valence-corrected chi connectivity index (χ2v) is 3.23. The smallest absolute Gasteiger partial charge is 0.248 e. The molecule has 0 spiro atoms. The van der Waals surface area contributed by atoms with E-state index in [0.717, 1.165) is 5.69 Å². The number of aromatic nitrogens is 1. The van der Waals surface area contributed by atoms with E-state index in [0.29, 0.717) is 11.2 Å². The van der Waals surface area contributed by atoms with E-state index in [-0.39, 0.29) is 5.91 Å². The van der Waals surface area contributed by atoms with Gasteiger partial charge < -0.3 is 5.84 Å². The number of hydrogen-bond acceptors (Lipinski definition) is 3. The van der Waals surface area contributed by atoms with Gasteiger partial charge in [0.15, 0.2) is 0 Å². The molecule has 12 heavy (non-hydrogen) atoms. The van der Waals surface area contributed by atoms with Crippen LogP contribution in [-0.2, 0) is 4.79 Å². The summed E-state index contributed by atoms with van der Waals surface area (Å²) < 4.78 is 1.41. The van der Waals surface area contributed by atoms with E-state index in [1.165, 1.54) is 16.0 Å². The van der Waals surface area contributed by atoms with Crippen LogP contribution in [0.2, 0.25) is 0 Å². The van der Waals surface area contributed by atoms with Crippen molar-refractivity contribution < 1.29 is 4.79 Å². The number of nitrogens with zero attached hydrogens (tertiary/aromatic N) is 2. The maximum Gasteiger partial charge on any atom is 0.248 e. The fourth-order valence-corrected chi connectivity index (χ4v) is 1.47. The van der Waals surface area contributed by atoms with Gasteiger partial charge in [-0.2, -0.15) is 4.99 Å². The van der Waals surface area contributed by atoms with Gasteiger partial charge in [0.2, 0.25) is 10.7 Å². The first-order valence-electron chi connectivity index (χ1n) is 3.65. The first-order valence-corrected chi connectivity index (χ1v) is 4.53. The average molecular weight is 185 g/mol. The SMILES string of the molecule is CCC(=O)N=c1scc(C)n1N. The molecule has 0 atom stereocenters. The van der Waals surface area contributed by atoms with Gasteiger partial charge in [-0.1, -0.05) is 6.92 Å². The number of rotatable bonds is 1. The summed E-state index contributed by atoms with van der Waals surface area (Å²) in [6.45, 7) is 3.64. The van der Waals surface area contributed by atoms with E-state index in [4.69, 9.17) is 5.84 Å². The molecule has 1 aromatic heterocycles. The number of hydrogen-bond donors (Lipinski definition) is 1. The lowest BCUT2D eigenvalue weighted by Crippen LogP contribution is -2.25. The van der Waals surface area contributed by atoms with Crippen LogP contribution >= 0.6 is 11.3 Å². The van der Waals surface area contributed by atoms with Crippen LogP contribution in [0.15, 0.2) is 10.4 Å². The van der Waals surface area contributed by atoms with Crippen molar-refractivity contribution in [2.75, 3.05) is 5.84 Å². The maximum absolute atomic E-state index is 10.9. The maximum atomic E-state index is 10.9. The van der Waals surface area contributed by atoms with E-state index in [2.05, 4.69) is 4.99 Å². The minimum absolute atomic E-state index is 0.143. The van der Waals surface area contributed by atoms with Crippen LogP contribution < -0.4 is 10.6 Å². The van der Waals surface area contributed by atoms with E-state index in [1.807, 2.05) is 12.3 Å². The van der Waals surface area contributed by atoms with Gasteiger partial charge in [-0.05, 0) is 6.92 Å². The predicted molar refractivity (Wildman–Crippen MR) is 48.1 cm³/mol. The molecule has 0 saturated heterocycles. The minimum Gasteiger partial charge on any atom is -0.337 e. The Kier molecular flexibility index (Phi) is 2.65. The van der Waals surface area contributed by atoms with Gasteiger partial charge in [-0.15, -0.1) is 11.3 Å². The zero-order valence-corrected chi connectivity index (χ0v) is 7.89. The lowest BCUT2D eigenvalue weighted by Gasteiger charge is -1.93. The van der Waals surface area contributed by atoms with Crippen molar-refractivity contribution in [1.29, 1.82) is 0 Å². The van der Waals surface area contributed by atoms with Crippen molar-refractivity contribution in [3.8, 4) is 0 Å². The molecule has 0 saturated carbocycles. The van der Waals surface area contributed by atoms with Crippen molar-refractivity contribution in [3.63, 3.8) is 0 Å². The fraction of sp³-hybridized carbons (Fsp3) is 0.429. The Morgan fingerprint density at radius 3 is 2.92 bits per heavy atom. The van der Waals surface area contributed by atoms with Crippen LogP contribution in [0.1, 0.15) is 19.0 Å². The molecule has 1 aromatic rings. The second kappa shape index (κ2) is 3.53. The highest BCUT2D eigenvalue weighted by molar-refractivity contribution is 7.07. The lowest BCUT2D eigenvalue weighted by molar-refractivity contribution is -0.117. The molecule has 1 heterocycles. The van der Waals surface area contributed by atoms with Crippen LogP contribution in [-0.4, -0.2) is 10.6 Å². The standard InChI is InChI=1S/C7H11N3OS/c1-3-6(11)9-7-10(8)5(2)4-12-7/h4H,3,8H2,1-2H3. The molecular weight excluding hydrogens is 174 g/mol. The van der Waals surface area contributed by atoms with E-state index in [1.54, 1.807) is 6.92 Å². The molecule has 4 nitrogen and oxygen atoms in total. The van der Waals surface area contributed by atoms with Crippen molar-refractivity contribution in [3.05, 3.63) is 15.9 Å². The quantitative estimate of drug-likeness (QED) is 0.644. The average Bonchev–Trinajstić information content (AvgIpc) is 2.36. The number of nitrogens with two attached hydrogens (primary N) is 1. The van der Waals surface area contributed by atoms with Crippen LogP contribution in [0.25, 0.3) is 0 Å². The van der Waals surface area contributed by atoms with Gasteiger partial charge in [0.05, 0.1) is 0 Å². The molecule has 1 amide bonds. The monoisotopic (exact) mass is 185 g/mol. The Morgan fingerprint density at radius 2 is 2.50 bits per heavy atom. The number of amides is 1. The highest BCUT2D eigenvalue weighted by atomic mass is 32.1. The van der Waals surface area contributed by atoms with Gasteiger partial charge in [0, 0.05) is 17.5 Å². The van der Waals surface area contributed by atoms with E-state index < -0.39 is 0 Å². The Bertz CT molecular complexity index is 350. The summed E-state index contributed by atoms with van der Waals surface area (Å²) in [7, 11) is 0. The number of thiazole rings is 1. The molecule has 0 unspecified atom stereocenters. The van der Waals surface area contributed by atoms with Crippen molar-refractivity contribution in [1.82, 2.24) is 4.68 Å². The summed E-state index contributed by atoms with van der Waals surface area (Å²) in [6, 6.07) is 0. The van der Waals surface area contributed by atoms with Crippen molar-refractivity contribution >= 4 is 17.2 Å². The number of carbonyl (C=O) groups excluding carboxylic acids is 1. The van der Waals surface area contributed by atoms with E-state index >= 15 is 0 Å². The van der Waals surface area contributed by atoms with Crippen LogP contribution in [0.4, 0.5) is 0 Å². The zero-order chi connectivity index (χ0) is 9.14. The normalized spacial score (nSPS) is 12.0.